The van der Waals surface area contributed by atoms with Gasteiger partial charge in [-0.25, -0.2) is 8.42 Å². The summed E-state index contributed by atoms with van der Waals surface area (Å²) in [7, 11) is -3.45. The zero-order chi connectivity index (χ0) is 20.7. The Balaban J connectivity index is 0.00000320. The molecule has 0 unspecified atom stereocenters. The Morgan fingerprint density at radius 2 is 1.63 bits per heavy atom. The Morgan fingerprint density at radius 3 is 2.27 bits per heavy atom. The van der Waals surface area contributed by atoms with E-state index in [1.54, 1.807) is 24.3 Å². The maximum Gasteiger partial charge on any atom is 0.257 e. The topological polar surface area (TPSA) is 79.0 Å². The average molecular weight is 454 g/mol. The Hall–Kier alpha value is -2.13. The molecule has 0 radical (unpaired) electrons. The van der Waals surface area contributed by atoms with Gasteiger partial charge in [-0.05, 0) is 31.2 Å². The lowest BCUT2D eigenvalue weighted by Gasteiger charge is -2.34. The minimum atomic E-state index is -3.45. The number of carbonyl (C=O) groups is 1. The van der Waals surface area contributed by atoms with Gasteiger partial charge in [0.05, 0.1) is 4.90 Å². The molecular formula is C21H28ClN3O4S. The molecule has 1 fully saturated rings. The molecule has 0 aliphatic carbocycles. The van der Waals surface area contributed by atoms with Gasteiger partial charge in [-0.2, -0.15) is 4.31 Å². The normalized spacial score (nSPS) is 15.2. The fourth-order valence-corrected chi connectivity index (χ4v) is 4.55. The molecule has 7 nitrogen and oxygen atoms in total. The van der Waals surface area contributed by atoms with Crippen molar-refractivity contribution in [2.45, 2.75) is 11.8 Å². The molecule has 2 aromatic rings. The van der Waals surface area contributed by atoms with E-state index in [-0.39, 0.29) is 24.9 Å². The van der Waals surface area contributed by atoms with Crippen LogP contribution in [-0.4, -0.2) is 69.4 Å². The lowest BCUT2D eigenvalue weighted by Crippen LogP contribution is -2.50. The van der Waals surface area contributed by atoms with Crippen LogP contribution < -0.4 is 10.1 Å². The molecule has 30 heavy (non-hydrogen) atoms. The molecular weight excluding hydrogens is 426 g/mol. The van der Waals surface area contributed by atoms with Crippen LogP contribution in [0.3, 0.4) is 0 Å². The average Bonchev–Trinajstić information content (AvgIpc) is 2.74. The van der Waals surface area contributed by atoms with Crippen molar-refractivity contribution in [1.29, 1.82) is 0 Å². The number of para-hydroxylation sites is 1. The fourth-order valence-electron chi connectivity index (χ4n) is 3.12. The Kier molecular flexibility index (Phi) is 9.10. The molecule has 0 bridgehead atoms. The van der Waals surface area contributed by atoms with Gasteiger partial charge in [-0.1, -0.05) is 35.9 Å². The zero-order valence-electron chi connectivity index (χ0n) is 17.0. The number of rotatable bonds is 8. The third kappa shape index (κ3) is 6.70. The van der Waals surface area contributed by atoms with Crippen LogP contribution >= 0.6 is 12.4 Å². The number of amides is 1. The van der Waals surface area contributed by atoms with Gasteiger partial charge in [-0.3, -0.25) is 9.69 Å². The van der Waals surface area contributed by atoms with E-state index in [4.69, 9.17) is 4.74 Å². The van der Waals surface area contributed by atoms with Gasteiger partial charge >= 0.3 is 0 Å². The minimum absolute atomic E-state index is 0. The van der Waals surface area contributed by atoms with Crippen molar-refractivity contribution < 1.29 is 17.9 Å². The second kappa shape index (κ2) is 11.3. The second-order valence-electron chi connectivity index (χ2n) is 7.01. The number of hydrogen-bond donors (Lipinski definition) is 1. The number of hydrogen-bond acceptors (Lipinski definition) is 5. The summed E-state index contributed by atoms with van der Waals surface area (Å²) < 4.78 is 32.4. The Labute approximate surface area is 184 Å². The number of aryl methyl sites for hydroxylation is 1. The standard InChI is InChI=1S/C21H27N3O4S.ClH/c1-18-7-9-20(10-8-18)29(26,27)24-15-13-23(14-16-24)12-11-22-21(25)17-28-19-5-3-2-4-6-19;/h2-10H,11-17H2,1H3,(H,22,25);1H. The number of halogens is 1. The van der Waals surface area contributed by atoms with Gasteiger partial charge in [0.1, 0.15) is 5.75 Å². The van der Waals surface area contributed by atoms with Crippen molar-refractivity contribution in [3.05, 3.63) is 60.2 Å². The van der Waals surface area contributed by atoms with Crippen LogP contribution in [0, 0.1) is 6.92 Å². The first kappa shape index (κ1) is 24.1. The first-order valence-corrected chi connectivity index (χ1v) is 11.1. The summed E-state index contributed by atoms with van der Waals surface area (Å²) in [5.74, 6) is 0.489. The van der Waals surface area contributed by atoms with E-state index < -0.39 is 10.0 Å². The van der Waals surface area contributed by atoms with Crippen molar-refractivity contribution in [1.82, 2.24) is 14.5 Å². The van der Waals surface area contributed by atoms with Crippen LogP contribution in [0.2, 0.25) is 0 Å². The van der Waals surface area contributed by atoms with E-state index in [1.165, 1.54) is 4.31 Å². The minimum Gasteiger partial charge on any atom is -0.484 e. The molecule has 0 aromatic heterocycles. The lowest BCUT2D eigenvalue weighted by atomic mass is 10.2. The van der Waals surface area contributed by atoms with Gasteiger partial charge < -0.3 is 10.1 Å². The summed E-state index contributed by atoms with van der Waals surface area (Å²) in [5, 5.41) is 2.84. The van der Waals surface area contributed by atoms with E-state index in [0.29, 0.717) is 49.9 Å². The Morgan fingerprint density at radius 1 is 1.00 bits per heavy atom. The summed E-state index contributed by atoms with van der Waals surface area (Å²) >= 11 is 0. The van der Waals surface area contributed by atoms with Crippen LogP contribution in [0.1, 0.15) is 5.56 Å². The molecule has 1 aliphatic heterocycles. The van der Waals surface area contributed by atoms with Crippen molar-refractivity contribution in [3.8, 4) is 5.75 Å². The summed E-state index contributed by atoms with van der Waals surface area (Å²) in [4.78, 5) is 14.4. The van der Waals surface area contributed by atoms with Crippen LogP contribution in [0.4, 0.5) is 0 Å². The second-order valence-corrected chi connectivity index (χ2v) is 8.95. The van der Waals surface area contributed by atoms with Gasteiger partial charge in [0, 0.05) is 39.3 Å². The number of nitrogens with one attached hydrogen (secondary N) is 1. The highest BCUT2D eigenvalue weighted by atomic mass is 35.5. The summed E-state index contributed by atoms with van der Waals surface area (Å²) in [5.41, 5.74) is 1.03. The van der Waals surface area contributed by atoms with Crippen LogP contribution in [0.15, 0.2) is 59.5 Å². The smallest absolute Gasteiger partial charge is 0.257 e. The molecule has 2 aromatic carbocycles. The summed E-state index contributed by atoms with van der Waals surface area (Å²) in [6.45, 7) is 5.26. The SMILES string of the molecule is Cc1ccc(S(=O)(=O)N2CCN(CCNC(=O)COc3ccccc3)CC2)cc1.Cl. The highest BCUT2D eigenvalue weighted by Gasteiger charge is 2.28. The van der Waals surface area contributed by atoms with E-state index in [2.05, 4.69) is 10.2 Å². The molecule has 9 heteroatoms. The first-order valence-electron chi connectivity index (χ1n) is 9.69. The highest BCUT2D eigenvalue weighted by molar-refractivity contribution is 7.89. The number of sulfonamides is 1. The van der Waals surface area contributed by atoms with Crippen molar-refractivity contribution in [3.63, 3.8) is 0 Å². The van der Waals surface area contributed by atoms with Crippen molar-refractivity contribution in [2.75, 3.05) is 45.9 Å². The summed E-state index contributed by atoms with van der Waals surface area (Å²) in [6, 6.07) is 16.1. The molecule has 0 saturated carbocycles. The van der Waals surface area contributed by atoms with E-state index in [1.807, 2.05) is 37.3 Å². The monoisotopic (exact) mass is 453 g/mol. The predicted molar refractivity (Wildman–Crippen MR) is 119 cm³/mol. The third-order valence-electron chi connectivity index (χ3n) is 4.85. The largest absolute Gasteiger partial charge is 0.484 e. The van der Waals surface area contributed by atoms with Crippen LogP contribution in [-0.2, 0) is 14.8 Å². The first-order chi connectivity index (χ1) is 13.9. The summed E-state index contributed by atoms with van der Waals surface area (Å²) in [6.07, 6.45) is 0. The molecule has 164 valence electrons. The molecule has 1 aliphatic rings. The lowest BCUT2D eigenvalue weighted by molar-refractivity contribution is -0.123. The van der Waals surface area contributed by atoms with Gasteiger partial charge in [0.25, 0.3) is 5.91 Å². The Bertz CT molecular complexity index is 900. The van der Waals surface area contributed by atoms with Crippen molar-refractivity contribution >= 4 is 28.3 Å². The number of ether oxygens (including phenoxy) is 1. The highest BCUT2D eigenvalue weighted by Crippen LogP contribution is 2.18. The van der Waals surface area contributed by atoms with Crippen LogP contribution in [0.5, 0.6) is 5.75 Å². The third-order valence-corrected chi connectivity index (χ3v) is 6.77. The van der Waals surface area contributed by atoms with Gasteiger partial charge in [0.15, 0.2) is 6.61 Å². The fraction of sp³-hybridized carbons (Fsp3) is 0.381. The van der Waals surface area contributed by atoms with Gasteiger partial charge in [0.2, 0.25) is 10.0 Å². The maximum atomic E-state index is 12.7. The number of benzene rings is 2. The van der Waals surface area contributed by atoms with E-state index in [9.17, 15) is 13.2 Å². The zero-order valence-corrected chi connectivity index (χ0v) is 18.6. The number of nitrogens with zero attached hydrogens (tertiary/aromatic N) is 2. The molecule has 1 amide bonds. The number of carbonyl (C=O) groups excluding carboxylic acids is 1. The maximum absolute atomic E-state index is 12.7. The molecule has 1 N–H and O–H groups in total. The van der Waals surface area contributed by atoms with E-state index in [0.717, 1.165) is 5.56 Å². The molecule has 0 spiro atoms. The quantitative estimate of drug-likeness (QED) is 0.660. The van der Waals surface area contributed by atoms with E-state index >= 15 is 0 Å². The van der Waals surface area contributed by atoms with Crippen molar-refractivity contribution in [2.24, 2.45) is 0 Å². The number of piperazine rings is 1. The molecule has 1 heterocycles. The molecule has 3 rings (SSSR count). The predicted octanol–water partition coefficient (Wildman–Crippen LogP) is 1.92. The molecule has 0 atom stereocenters. The molecule has 1 saturated heterocycles. The van der Waals surface area contributed by atoms with Crippen LogP contribution in [0.25, 0.3) is 0 Å². The van der Waals surface area contributed by atoms with Gasteiger partial charge in [-0.15, -0.1) is 12.4 Å².